The minimum atomic E-state index is -0.873. The van der Waals surface area contributed by atoms with Gasteiger partial charge in [0.2, 0.25) is 17.7 Å². The number of thioether (sulfide) groups is 1. The minimum Gasteiger partial charge on any atom is -0.394 e. The third kappa shape index (κ3) is 4.24. The third-order valence-corrected chi connectivity index (χ3v) is 10.7. The third-order valence-electron chi connectivity index (χ3n) is 8.88. The van der Waals surface area contributed by atoms with E-state index in [0.29, 0.717) is 32.8 Å². The second kappa shape index (κ2) is 10.0. The molecule has 37 heavy (non-hydrogen) atoms. The molecule has 3 fully saturated rings. The van der Waals surface area contributed by atoms with Crippen LogP contribution in [0.15, 0.2) is 24.3 Å². The lowest BCUT2D eigenvalue weighted by atomic mass is 9.74. The van der Waals surface area contributed by atoms with Crippen molar-refractivity contribution in [3.05, 3.63) is 24.3 Å². The van der Waals surface area contributed by atoms with E-state index in [2.05, 4.69) is 11.0 Å². The van der Waals surface area contributed by atoms with Gasteiger partial charge in [-0.3, -0.25) is 19.3 Å². The number of likely N-dealkylation sites (N-methyl/N-ethyl adjacent to an activating group) is 1. The summed E-state index contributed by atoms with van der Waals surface area (Å²) < 4.78 is 3.99. The van der Waals surface area contributed by atoms with E-state index in [1.807, 2.05) is 43.9 Å². The second-order valence-electron chi connectivity index (χ2n) is 11.5. The highest BCUT2D eigenvalue weighted by atomic mass is 32.2. The lowest BCUT2D eigenvalue weighted by Crippen LogP contribution is -2.58. The Labute approximate surface area is 223 Å². The van der Waals surface area contributed by atoms with Crippen LogP contribution in [0, 0.1) is 17.8 Å². The predicted molar refractivity (Wildman–Crippen MR) is 142 cm³/mol. The van der Waals surface area contributed by atoms with Gasteiger partial charge in [-0.1, -0.05) is 38.2 Å². The van der Waals surface area contributed by atoms with Gasteiger partial charge in [0, 0.05) is 51.1 Å². The molecule has 0 aromatic carbocycles. The lowest BCUT2D eigenvalue weighted by Gasteiger charge is -2.41. The number of fused-ring (bicyclic) bond motifs is 2. The largest absolute Gasteiger partial charge is 0.394 e. The fourth-order valence-electron chi connectivity index (χ4n) is 6.89. The molecule has 0 aliphatic carbocycles. The molecule has 5 heterocycles. The highest BCUT2D eigenvalue weighted by Crippen LogP contribution is 2.65. The quantitative estimate of drug-likeness (QED) is 0.497. The van der Waals surface area contributed by atoms with Crippen LogP contribution in [0.2, 0.25) is 0 Å². The minimum absolute atomic E-state index is 0.0459. The fourth-order valence-corrected chi connectivity index (χ4v) is 9.04. The number of aliphatic hydroxyl groups is 1. The molecular weight excluding hydrogens is 492 g/mol. The molecule has 0 aromatic rings. The number of likely N-dealkylation sites (tertiary alicyclic amines) is 1. The van der Waals surface area contributed by atoms with Crippen LogP contribution in [0.1, 0.15) is 20.8 Å². The van der Waals surface area contributed by atoms with Gasteiger partial charge in [0.25, 0.3) is 0 Å². The molecule has 1 unspecified atom stereocenters. The first-order valence-electron chi connectivity index (χ1n) is 13.5. The van der Waals surface area contributed by atoms with E-state index in [9.17, 15) is 19.5 Å². The van der Waals surface area contributed by atoms with Gasteiger partial charge < -0.3 is 24.5 Å². The summed E-state index contributed by atoms with van der Waals surface area (Å²) in [4.78, 5) is 50.0. The van der Waals surface area contributed by atoms with Crippen LogP contribution in [0.4, 0.5) is 0 Å². The molecular formula is C27H40N4O5S. The van der Waals surface area contributed by atoms with Crippen molar-refractivity contribution in [2.75, 3.05) is 66.1 Å². The zero-order valence-electron chi connectivity index (χ0n) is 22.3. The Balaban J connectivity index is 1.55. The smallest absolute Gasteiger partial charge is 0.247 e. The Hall–Kier alpha value is -1.88. The molecule has 1 spiro atoms. The zero-order chi connectivity index (χ0) is 26.5. The molecule has 5 aliphatic heterocycles. The van der Waals surface area contributed by atoms with Crippen LogP contribution in [0.3, 0.4) is 0 Å². The Morgan fingerprint density at radius 2 is 1.73 bits per heavy atom. The van der Waals surface area contributed by atoms with Crippen LogP contribution in [0.5, 0.6) is 0 Å². The van der Waals surface area contributed by atoms with Crippen molar-refractivity contribution < 1.29 is 24.2 Å². The summed E-state index contributed by atoms with van der Waals surface area (Å²) in [6.07, 6.45) is 8.13. The molecule has 1 N–H and O–H groups in total. The first-order valence-corrected chi connectivity index (χ1v) is 14.3. The van der Waals surface area contributed by atoms with Crippen molar-refractivity contribution >= 4 is 29.5 Å². The summed E-state index contributed by atoms with van der Waals surface area (Å²) >= 11 is 1.59. The first-order chi connectivity index (χ1) is 17.6. The van der Waals surface area contributed by atoms with Gasteiger partial charge in [-0.25, -0.2) is 0 Å². The van der Waals surface area contributed by atoms with Crippen LogP contribution in [-0.2, 0) is 19.1 Å². The van der Waals surface area contributed by atoms with Gasteiger partial charge in [0.1, 0.15) is 6.04 Å². The van der Waals surface area contributed by atoms with E-state index in [4.69, 9.17) is 4.74 Å². The number of carbonyl (C=O) groups excluding carboxylic acids is 3. The van der Waals surface area contributed by atoms with Gasteiger partial charge in [0.05, 0.1) is 42.4 Å². The standard InChI is InChI=1S/C27H40N4O5S/c1-18(2)19(17-32)31-22-25(35)30(12-11-29-13-15-36-16-14-29)10-6-8-27(22)21(24(31)34)20-23(33)28(4)9-5-7-26(20,3)37-27/h5-8,18-22,32H,9-17H2,1-4H3/t19-,20+,21-,22?,26-,27-/m0/s1. The normalized spacial score (nSPS) is 37.1. The molecule has 0 aromatic heterocycles. The molecule has 3 amide bonds. The molecule has 0 saturated carbocycles. The average molecular weight is 533 g/mol. The van der Waals surface area contributed by atoms with Gasteiger partial charge in [0.15, 0.2) is 0 Å². The molecule has 6 atom stereocenters. The summed E-state index contributed by atoms with van der Waals surface area (Å²) in [5, 5.41) is 10.4. The summed E-state index contributed by atoms with van der Waals surface area (Å²) in [6.45, 7) is 11.1. The molecule has 0 radical (unpaired) electrons. The van der Waals surface area contributed by atoms with E-state index >= 15 is 0 Å². The van der Waals surface area contributed by atoms with Crippen molar-refractivity contribution in [2.24, 2.45) is 17.8 Å². The number of carbonyl (C=O) groups is 3. The first kappa shape index (κ1) is 26.7. The van der Waals surface area contributed by atoms with Crippen LogP contribution in [-0.4, -0.2) is 130 Å². The van der Waals surface area contributed by atoms with Crippen molar-refractivity contribution in [1.29, 1.82) is 0 Å². The van der Waals surface area contributed by atoms with Crippen molar-refractivity contribution in [3.63, 3.8) is 0 Å². The van der Waals surface area contributed by atoms with Crippen LogP contribution in [0.25, 0.3) is 0 Å². The van der Waals surface area contributed by atoms with Gasteiger partial charge in [-0.15, -0.1) is 11.8 Å². The van der Waals surface area contributed by atoms with E-state index in [-0.39, 0.29) is 30.2 Å². The van der Waals surface area contributed by atoms with Gasteiger partial charge in [-0.2, -0.15) is 0 Å². The van der Waals surface area contributed by atoms with Crippen LogP contribution < -0.4 is 0 Å². The van der Waals surface area contributed by atoms with Crippen LogP contribution >= 0.6 is 11.8 Å². The number of rotatable bonds is 6. The number of aliphatic hydroxyl groups excluding tert-OH is 1. The van der Waals surface area contributed by atoms with Crippen molar-refractivity contribution in [2.45, 2.75) is 42.3 Å². The second-order valence-corrected chi connectivity index (χ2v) is 13.3. The Bertz CT molecular complexity index is 997. The Morgan fingerprint density at radius 1 is 1.03 bits per heavy atom. The molecule has 0 bridgehead atoms. The maximum atomic E-state index is 14.4. The number of hydrogen-bond donors (Lipinski definition) is 1. The Morgan fingerprint density at radius 3 is 2.41 bits per heavy atom. The maximum Gasteiger partial charge on any atom is 0.247 e. The summed E-state index contributed by atoms with van der Waals surface area (Å²) in [5.41, 5.74) is 0. The van der Waals surface area contributed by atoms with Gasteiger partial charge >= 0.3 is 0 Å². The van der Waals surface area contributed by atoms with E-state index in [0.717, 1.165) is 19.6 Å². The molecule has 5 rings (SSSR count). The monoisotopic (exact) mass is 532 g/mol. The number of amides is 3. The van der Waals surface area contributed by atoms with E-state index in [1.165, 1.54) is 0 Å². The summed E-state index contributed by atoms with van der Waals surface area (Å²) in [6, 6.07) is -1.27. The van der Waals surface area contributed by atoms with Crippen molar-refractivity contribution in [1.82, 2.24) is 19.6 Å². The molecule has 3 saturated heterocycles. The predicted octanol–water partition coefficient (Wildman–Crippen LogP) is 0.450. The van der Waals surface area contributed by atoms with Gasteiger partial charge in [-0.05, 0) is 12.8 Å². The lowest BCUT2D eigenvalue weighted by molar-refractivity contribution is -0.148. The average Bonchev–Trinajstić information content (AvgIpc) is 3.14. The number of hydrogen-bond acceptors (Lipinski definition) is 7. The van der Waals surface area contributed by atoms with E-state index in [1.54, 1.807) is 28.6 Å². The summed E-state index contributed by atoms with van der Waals surface area (Å²) in [5.74, 6) is -1.64. The number of morpholine rings is 1. The SMILES string of the molecule is CC(C)[C@H](CO)N1C(=O)[C@@H]2[C@@H]3C(=O)N(C)CC=C[C@]3(C)S[C@@]23C=CCN(CCN2CCOCC2)C(=O)C13. The summed E-state index contributed by atoms with van der Waals surface area (Å²) in [7, 11) is 1.77. The molecule has 9 nitrogen and oxygen atoms in total. The number of nitrogens with zero attached hydrogens (tertiary/aromatic N) is 4. The van der Waals surface area contributed by atoms with Crippen molar-refractivity contribution in [3.8, 4) is 0 Å². The molecule has 10 heteroatoms. The Kier molecular flexibility index (Phi) is 7.23. The topological polar surface area (TPSA) is 93.6 Å². The maximum absolute atomic E-state index is 14.4. The zero-order valence-corrected chi connectivity index (χ0v) is 23.2. The number of ether oxygens (including phenoxy) is 1. The fraction of sp³-hybridized carbons (Fsp3) is 0.741. The van der Waals surface area contributed by atoms with E-state index < -0.39 is 33.4 Å². The molecule has 5 aliphatic rings. The highest BCUT2D eigenvalue weighted by Gasteiger charge is 2.74. The molecule has 204 valence electrons. The highest BCUT2D eigenvalue weighted by molar-refractivity contribution is 8.02.